The van der Waals surface area contributed by atoms with Crippen molar-refractivity contribution in [2.75, 3.05) is 0 Å². The maximum atomic E-state index is 6.74. The van der Waals surface area contributed by atoms with Crippen LogP contribution in [-0.4, -0.2) is 126 Å². The van der Waals surface area contributed by atoms with E-state index in [1.54, 1.807) is 0 Å². The normalized spacial score (nSPS) is 17.6. The van der Waals surface area contributed by atoms with Gasteiger partial charge in [0.05, 0.1) is 0 Å². The Labute approximate surface area is 795 Å². The first kappa shape index (κ1) is 105. The van der Waals surface area contributed by atoms with Crippen molar-refractivity contribution in [3.8, 4) is 0 Å². The summed E-state index contributed by atoms with van der Waals surface area (Å²) in [6.45, 7) is 0. The van der Waals surface area contributed by atoms with Crippen molar-refractivity contribution in [3.63, 3.8) is 0 Å². The molecule has 530 valence electrons. The van der Waals surface area contributed by atoms with E-state index < -0.39 is 126 Å². The van der Waals surface area contributed by atoms with Gasteiger partial charge in [0.15, 0.2) is 113 Å². The van der Waals surface area contributed by atoms with E-state index in [1.807, 2.05) is 0 Å². The Morgan fingerprint density at radius 1 is 0.102 bits per heavy atom. The monoisotopic (exact) mass is 2410 g/mol. The van der Waals surface area contributed by atoms with Crippen molar-refractivity contribution in [1.82, 2.24) is 0 Å². The summed E-state index contributed by atoms with van der Waals surface area (Å²) in [5.74, 6) is 0. The fraction of sp³-hybridized carbons (Fsp3) is 1.00. The molecule has 0 rings (SSSR count). The second kappa shape index (κ2) is 31.3. The first-order valence-corrected chi connectivity index (χ1v) is 40.7. The molecule has 0 amide bonds. The molecule has 0 aromatic rings. The van der Waals surface area contributed by atoms with Crippen LogP contribution < -0.4 is 0 Å². The lowest BCUT2D eigenvalue weighted by molar-refractivity contribution is 0.378. The van der Waals surface area contributed by atoms with Crippen molar-refractivity contribution < 1.29 is 0 Å². The van der Waals surface area contributed by atoms with E-state index >= 15 is 0 Å². The van der Waals surface area contributed by atoms with Crippen LogP contribution in [0.2, 0.25) is 0 Å². The third-order valence-electron chi connectivity index (χ3n) is 10.9. The lowest BCUT2D eigenvalue weighted by atomic mass is 9.94. The molecule has 59 heteroatoms. The summed E-state index contributed by atoms with van der Waals surface area (Å²) < 4.78 is -105. The third kappa shape index (κ3) is 15.2. The van der Waals surface area contributed by atoms with E-state index in [-0.39, 0.29) is 0 Å². The number of alkyl halides is 59. The van der Waals surface area contributed by atoms with Gasteiger partial charge in [0, 0.05) is 0 Å². The molecule has 0 aromatic carbocycles. The number of rotatable bonds is 27. The van der Waals surface area contributed by atoms with Gasteiger partial charge in [-0.15, -0.1) is 23.2 Å². The summed E-state index contributed by atoms with van der Waals surface area (Å²) >= 11 is 386. The van der Waals surface area contributed by atoms with E-state index in [0.29, 0.717) is 0 Å². The molecule has 0 aliphatic rings. The van der Waals surface area contributed by atoms with E-state index in [2.05, 4.69) is 0 Å². The van der Waals surface area contributed by atoms with Gasteiger partial charge >= 0.3 is 0 Å². The maximum absolute atomic E-state index is 6.74. The van der Waals surface area contributed by atoms with Crippen LogP contribution in [0.5, 0.6) is 0 Å². The Hall–Kier alpha value is 17.1. The maximum Gasteiger partial charge on any atom is 0.226 e. The van der Waals surface area contributed by atoms with Gasteiger partial charge in [0.25, 0.3) is 0 Å². The van der Waals surface area contributed by atoms with Gasteiger partial charge in [-0.1, -0.05) is 661 Å². The summed E-state index contributed by atoms with van der Waals surface area (Å²) in [6, 6.07) is 0. The van der Waals surface area contributed by atoms with E-state index in [0.717, 1.165) is 0 Å². The van der Waals surface area contributed by atoms with E-state index in [1.165, 1.54) is 0 Å². The lowest BCUT2D eigenvalue weighted by Gasteiger charge is -2.60. The van der Waals surface area contributed by atoms with Crippen LogP contribution in [0.1, 0.15) is 0 Å². The summed E-state index contributed by atoms with van der Waals surface area (Å²) in [5.41, 5.74) is 0. The van der Waals surface area contributed by atoms with Gasteiger partial charge in [-0.3, -0.25) is 0 Å². The van der Waals surface area contributed by atoms with Crippen LogP contribution in [-0.2, 0) is 0 Å². The molecule has 0 bridgehead atoms. The molecule has 0 aliphatic carbocycles. The second-order valence-corrected chi connectivity index (χ2v) is 55.6. The highest BCUT2D eigenvalue weighted by atomic mass is 35.6. The minimum Gasteiger partial charge on any atom is -0.102 e. The molecule has 0 N–H and O–H groups in total. The van der Waals surface area contributed by atoms with Crippen molar-refractivity contribution in [2.45, 2.75) is 126 Å². The van der Waals surface area contributed by atoms with Crippen LogP contribution in [0, 0.1) is 0 Å². The first-order valence-electron chi connectivity index (χ1n) is 18.2. The van der Waals surface area contributed by atoms with Gasteiger partial charge in [0.2, 0.25) is 8.13 Å². The molecule has 0 spiro atoms. The topological polar surface area (TPSA) is 0 Å². The predicted octanol–water partition coefficient (Wildman–Crippen LogP) is 34.9. The standard InChI is InChI=1S/C29HCl59/c30-1(31)2(32,33)3(34,35)4(36,37)5(38,39)6(40,41)7(42,43)8(44,45)9(46,47)10(48,49)11(50,51)12(52,53)13(54,55)14(56,57)15(58,59)16(60,61)17(62,63)18(64,65)19(66,67)20(68,69)21(70,71)22(72,73)23(74,75)24(76,77)25(78,79)26(80,81)27(82,83)28(84,85)29(86,87)88/h1H. The van der Waals surface area contributed by atoms with Crippen molar-refractivity contribution >= 4 is 684 Å². The summed E-state index contributed by atoms with van der Waals surface area (Å²) in [7, 11) is 0. The largest absolute Gasteiger partial charge is 0.226 e. The van der Waals surface area contributed by atoms with Crippen LogP contribution in [0.3, 0.4) is 0 Å². The quantitative estimate of drug-likeness (QED) is 0.0719. The molecule has 0 aliphatic heterocycles. The van der Waals surface area contributed by atoms with E-state index in [9.17, 15) is 0 Å². The predicted molar refractivity (Wildman–Crippen MR) is 426 cm³/mol. The molecule has 0 atom stereocenters. The van der Waals surface area contributed by atoms with Gasteiger partial charge in [-0.25, -0.2) is 0 Å². The zero-order valence-corrected chi connectivity index (χ0v) is 81.5. The molecular formula is C29HCl59. The van der Waals surface area contributed by atoms with Crippen molar-refractivity contribution in [3.05, 3.63) is 0 Å². The van der Waals surface area contributed by atoms with Gasteiger partial charge in [-0.05, 0) is 0 Å². The summed E-state index contributed by atoms with van der Waals surface area (Å²) in [6.07, 6.45) is 0. The molecule has 0 aromatic heterocycles. The Bertz CT molecular complexity index is 2500. The first-order chi connectivity index (χ1) is 36.7. The van der Waals surface area contributed by atoms with E-state index in [4.69, 9.17) is 684 Å². The molecule has 0 radical (unpaired) electrons. The molecule has 0 fully saturated rings. The Kier molecular flexibility index (Phi) is 37.4. The lowest BCUT2D eigenvalue weighted by Crippen LogP contribution is -2.77. The Morgan fingerprint density at radius 2 is 0.170 bits per heavy atom. The number of hydrogen-bond acceptors (Lipinski definition) is 0. The molecule has 88 heavy (non-hydrogen) atoms. The van der Waals surface area contributed by atoms with Crippen LogP contribution >= 0.6 is 684 Å². The van der Waals surface area contributed by atoms with Gasteiger partial charge < -0.3 is 0 Å². The minimum absolute atomic E-state index is 2.02. The number of halogens is 59. The third-order valence-corrected chi connectivity index (χ3v) is 54.0. The highest BCUT2D eigenvalue weighted by molar-refractivity contribution is 6.89. The van der Waals surface area contributed by atoms with Crippen LogP contribution in [0.4, 0.5) is 0 Å². The number of hydrogen-bond donors (Lipinski definition) is 0. The molecule has 0 saturated heterocycles. The molecule has 0 heterocycles. The zero-order valence-electron chi connectivity index (χ0n) is 36.9. The van der Waals surface area contributed by atoms with Crippen molar-refractivity contribution in [2.24, 2.45) is 0 Å². The highest BCUT2D eigenvalue weighted by Crippen LogP contribution is 2.82. The minimum atomic E-state index is -4.02. The average molecular weight is 2440 g/mol. The van der Waals surface area contributed by atoms with Gasteiger partial charge in [-0.2, -0.15) is 0 Å². The Balaban J connectivity index is 8.35. The molecule has 0 saturated carbocycles. The fourth-order valence-corrected chi connectivity index (χ4v) is 26.0. The fourth-order valence-electron chi connectivity index (χ4n) is 5.26. The summed E-state index contributed by atoms with van der Waals surface area (Å²) in [5, 5.41) is 0. The molecule has 0 unspecified atom stereocenters. The van der Waals surface area contributed by atoms with Crippen LogP contribution in [0.25, 0.3) is 0 Å². The summed E-state index contributed by atoms with van der Waals surface area (Å²) in [4.78, 5) is -2.02. The Morgan fingerprint density at radius 3 is 0.239 bits per heavy atom. The SMILES string of the molecule is ClC(Cl)C(Cl)(Cl)C(Cl)(Cl)C(Cl)(Cl)C(Cl)(Cl)C(Cl)(Cl)C(Cl)(Cl)C(Cl)(Cl)C(Cl)(Cl)C(Cl)(Cl)C(Cl)(Cl)C(Cl)(Cl)C(Cl)(Cl)C(Cl)(Cl)C(Cl)(Cl)C(Cl)(Cl)C(Cl)(Cl)C(Cl)(Cl)C(Cl)(Cl)C(Cl)(Cl)C(Cl)(Cl)C(Cl)(Cl)C(Cl)(Cl)C(Cl)(Cl)C(Cl)(Cl)C(Cl)(Cl)C(Cl)(Cl)C(Cl)(Cl)C(Cl)(Cl)Cl. The second-order valence-electron chi connectivity index (χ2n) is 16.4. The van der Waals surface area contributed by atoms with Crippen molar-refractivity contribution in [1.29, 1.82) is 0 Å². The average Bonchev–Trinajstić information content (AvgIpc) is 3.29. The van der Waals surface area contributed by atoms with Crippen LogP contribution in [0.15, 0.2) is 0 Å². The zero-order chi connectivity index (χ0) is 73.6. The smallest absolute Gasteiger partial charge is 0.102 e. The van der Waals surface area contributed by atoms with Gasteiger partial charge in [0.1, 0.15) is 4.84 Å². The molecule has 0 nitrogen and oxygen atoms in total. The highest BCUT2D eigenvalue weighted by Gasteiger charge is 2.91. The molecular weight excluding hydrogens is 2440 g/mol.